The Morgan fingerprint density at radius 1 is 1.06 bits per heavy atom. The van der Waals surface area contributed by atoms with E-state index >= 15 is 0 Å². The zero-order valence-electron chi connectivity index (χ0n) is 10.7. The molecular weight excluding hydrogens is 214 g/mol. The number of amides is 2. The third kappa shape index (κ3) is 3.12. The van der Waals surface area contributed by atoms with E-state index in [1.54, 1.807) is 0 Å². The number of piperidine rings is 1. The second-order valence-electron chi connectivity index (χ2n) is 5.55. The Hall–Kier alpha value is -0.770. The van der Waals surface area contributed by atoms with Crippen LogP contribution in [-0.4, -0.2) is 36.1 Å². The average Bonchev–Trinajstić information content (AvgIpc) is 2.39. The summed E-state index contributed by atoms with van der Waals surface area (Å²) in [7, 11) is 0. The van der Waals surface area contributed by atoms with Crippen LogP contribution in [-0.2, 0) is 0 Å². The lowest BCUT2D eigenvalue weighted by atomic mass is 9.79. The number of carbonyl (C=O) groups excluding carboxylic acids is 1. The van der Waals surface area contributed by atoms with Crippen molar-refractivity contribution < 1.29 is 4.79 Å². The highest BCUT2D eigenvalue weighted by molar-refractivity contribution is 5.71. The topological polar surface area (TPSA) is 58.4 Å². The molecule has 2 fully saturated rings. The molecule has 4 nitrogen and oxygen atoms in total. The summed E-state index contributed by atoms with van der Waals surface area (Å²) in [6.45, 7) is 3.13. The molecule has 0 aromatic heterocycles. The lowest BCUT2D eigenvalue weighted by molar-refractivity contribution is 0.0357. The number of hydrogen-bond acceptors (Lipinski definition) is 2. The molecule has 98 valence electrons. The highest BCUT2D eigenvalue weighted by Crippen LogP contribution is 2.35. The van der Waals surface area contributed by atoms with Gasteiger partial charge in [0.1, 0.15) is 0 Å². The van der Waals surface area contributed by atoms with Gasteiger partial charge in [0.05, 0.1) is 0 Å². The number of primary amides is 1. The van der Waals surface area contributed by atoms with Gasteiger partial charge in [0.2, 0.25) is 0 Å². The molecule has 2 amide bonds. The standard InChI is InChI=1S/C13H25N3O/c14-12(17)15-11-13(7-3-1-4-8-13)16-9-5-2-6-10-16/h1-11H2,(H3,14,15,17). The fourth-order valence-corrected chi connectivity index (χ4v) is 3.43. The lowest BCUT2D eigenvalue weighted by Gasteiger charge is -2.48. The summed E-state index contributed by atoms with van der Waals surface area (Å²) < 4.78 is 0. The van der Waals surface area contributed by atoms with Crippen molar-refractivity contribution in [2.24, 2.45) is 5.73 Å². The van der Waals surface area contributed by atoms with Crippen LogP contribution in [0.5, 0.6) is 0 Å². The number of nitrogens with one attached hydrogen (secondary N) is 1. The zero-order chi connectivity index (χ0) is 12.1. The molecule has 1 saturated carbocycles. The molecule has 2 aliphatic rings. The Kier molecular flexibility index (Phi) is 4.26. The number of rotatable bonds is 3. The van der Waals surface area contributed by atoms with Gasteiger partial charge in [-0.25, -0.2) is 4.79 Å². The van der Waals surface area contributed by atoms with Crippen LogP contribution in [0.2, 0.25) is 0 Å². The van der Waals surface area contributed by atoms with Gasteiger partial charge in [-0.3, -0.25) is 4.90 Å². The Morgan fingerprint density at radius 3 is 2.24 bits per heavy atom. The molecule has 0 aromatic carbocycles. The Labute approximate surface area is 104 Å². The molecule has 0 atom stereocenters. The summed E-state index contributed by atoms with van der Waals surface area (Å²) in [6.07, 6.45) is 10.3. The third-order valence-corrected chi connectivity index (χ3v) is 4.40. The van der Waals surface area contributed by atoms with Gasteiger partial charge in [-0.05, 0) is 38.8 Å². The van der Waals surface area contributed by atoms with Crippen molar-refractivity contribution in [1.29, 1.82) is 0 Å². The smallest absolute Gasteiger partial charge is 0.312 e. The summed E-state index contributed by atoms with van der Waals surface area (Å²) in [5.41, 5.74) is 5.43. The fourth-order valence-electron chi connectivity index (χ4n) is 3.43. The van der Waals surface area contributed by atoms with Gasteiger partial charge in [0.25, 0.3) is 0 Å². The maximum absolute atomic E-state index is 11.0. The molecule has 4 heteroatoms. The van der Waals surface area contributed by atoms with E-state index < -0.39 is 0 Å². The fraction of sp³-hybridized carbons (Fsp3) is 0.923. The molecule has 17 heavy (non-hydrogen) atoms. The van der Waals surface area contributed by atoms with Gasteiger partial charge in [-0.15, -0.1) is 0 Å². The number of likely N-dealkylation sites (tertiary alicyclic amines) is 1. The predicted octanol–water partition coefficient (Wildman–Crippen LogP) is 1.84. The van der Waals surface area contributed by atoms with E-state index in [2.05, 4.69) is 10.2 Å². The van der Waals surface area contributed by atoms with Gasteiger partial charge in [-0.2, -0.15) is 0 Å². The lowest BCUT2D eigenvalue weighted by Crippen LogP contribution is -2.58. The van der Waals surface area contributed by atoms with E-state index in [-0.39, 0.29) is 11.6 Å². The molecule has 2 rings (SSSR count). The van der Waals surface area contributed by atoms with E-state index in [0.717, 1.165) is 6.54 Å². The van der Waals surface area contributed by atoms with E-state index in [9.17, 15) is 4.79 Å². The van der Waals surface area contributed by atoms with E-state index in [4.69, 9.17) is 5.73 Å². The highest BCUT2D eigenvalue weighted by atomic mass is 16.2. The van der Waals surface area contributed by atoms with Crippen molar-refractivity contribution in [3.05, 3.63) is 0 Å². The maximum atomic E-state index is 11.0. The molecule has 1 saturated heterocycles. The minimum atomic E-state index is -0.382. The van der Waals surface area contributed by atoms with Gasteiger partial charge in [0.15, 0.2) is 0 Å². The Morgan fingerprint density at radius 2 is 1.65 bits per heavy atom. The molecule has 0 unspecified atom stereocenters. The second-order valence-corrected chi connectivity index (χ2v) is 5.55. The number of carbonyl (C=O) groups is 1. The number of nitrogens with two attached hydrogens (primary N) is 1. The first-order chi connectivity index (χ1) is 8.23. The normalized spacial score (nSPS) is 25.4. The molecule has 3 N–H and O–H groups in total. The number of nitrogens with zero attached hydrogens (tertiary/aromatic N) is 1. The van der Waals surface area contributed by atoms with Crippen LogP contribution in [0, 0.1) is 0 Å². The van der Waals surface area contributed by atoms with Crippen LogP contribution in [0.3, 0.4) is 0 Å². The summed E-state index contributed by atoms with van der Waals surface area (Å²) in [5.74, 6) is 0. The van der Waals surface area contributed by atoms with Crippen molar-refractivity contribution in [3.63, 3.8) is 0 Å². The molecule has 0 radical (unpaired) electrons. The van der Waals surface area contributed by atoms with Crippen LogP contribution in [0.4, 0.5) is 4.79 Å². The molecule has 1 aliphatic heterocycles. The van der Waals surface area contributed by atoms with Gasteiger partial charge >= 0.3 is 6.03 Å². The van der Waals surface area contributed by atoms with E-state index in [1.165, 1.54) is 64.5 Å². The molecule has 0 spiro atoms. The van der Waals surface area contributed by atoms with Crippen molar-refractivity contribution in [3.8, 4) is 0 Å². The number of hydrogen-bond donors (Lipinski definition) is 2. The SMILES string of the molecule is NC(=O)NCC1(N2CCCCC2)CCCCC1. The van der Waals surface area contributed by atoms with Crippen LogP contribution >= 0.6 is 0 Å². The van der Waals surface area contributed by atoms with E-state index in [1.807, 2.05) is 0 Å². The first-order valence-electron chi connectivity index (χ1n) is 7.01. The molecule has 1 heterocycles. The van der Waals surface area contributed by atoms with Gasteiger partial charge < -0.3 is 11.1 Å². The first-order valence-corrected chi connectivity index (χ1v) is 7.01. The first kappa shape index (κ1) is 12.7. The molecule has 1 aliphatic carbocycles. The van der Waals surface area contributed by atoms with E-state index in [0.29, 0.717) is 0 Å². The minimum Gasteiger partial charge on any atom is -0.352 e. The summed E-state index contributed by atoms with van der Waals surface area (Å²) in [4.78, 5) is 13.6. The van der Waals surface area contributed by atoms with Gasteiger partial charge in [-0.1, -0.05) is 25.7 Å². The molecular formula is C13H25N3O. The van der Waals surface area contributed by atoms with Crippen molar-refractivity contribution in [2.75, 3.05) is 19.6 Å². The largest absolute Gasteiger partial charge is 0.352 e. The second kappa shape index (κ2) is 5.71. The predicted molar refractivity (Wildman–Crippen MR) is 68.8 cm³/mol. The van der Waals surface area contributed by atoms with Crippen LogP contribution in [0.1, 0.15) is 51.4 Å². The Balaban J connectivity index is 2.01. The minimum absolute atomic E-state index is 0.202. The molecule has 0 bridgehead atoms. The van der Waals surface area contributed by atoms with Crippen LogP contribution < -0.4 is 11.1 Å². The number of urea groups is 1. The van der Waals surface area contributed by atoms with Crippen molar-refractivity contribution in [2.45, 2.75) is 56.9 Å². The summed E-state index contributed by atoms with van der Waals surface area (Å²) >= 11 is 0. The quantitative estimate of drug-likeness (QED) is 0.789. The third-order valence-electron chi connectivity index (χ3n) is 4.40. The monoisotopic (exact) mass is 239 g/mol. The average molecular weight is 239 g/mol. The maximum Gasteiger partial charge on any atom is 0.312 e. The van der Waals surface area contributed by atoms with Crippen molar-refractivity contribution in [1.82, 2.24) is 10.2 Å². The molecule has 0 aromatic rings. The van der Waals surface area contributed by atoms with Crippen LogP contribution in [0.15, 0.2) is 0 Å². The zero-order valence-corrected chi connectivity index (χ0v) is 10.7. The highest BCUT2D eigenvalue weighted by Gasteiger charge is 2.38. The van der Waals surface area contributed by atoms with Crippen molar-refractivity contribution >= 4 is 6.03 Å². The summed E-state index contributed by atoms with van der Waals surface area (Å²) in [5, 5.41) is 2.85. The summed E-state index contributed by atoms with van der Waals surface area (Å²) in [6, 6.07) is -0.382. The van der Waals surface area contributed by atoms with Gasteiger partial charge in [0, 0.05) is 12.1 Å². The Bertz CT molecular complexity index is 255. The van der Waals surface area contributed by atoms with Crippen LogP contribution in [0.25, 0.3) is 0 Å².